The van der Waals surface area contributed by atoms with E-state index in [9.17, 15) is 0 Å². The topological polar surface area (TPSA) is 15.3 Å². The molecule has 0 aromatic carbocycles. The van der Waals surface area contributed by atoms with Gasteiger partial charge in [0.15, 0.2) is 0 Å². The van der Waals surface area contributed by atoms with Crippen LogP contribution in [-0.4, -0.2) is 30.1 Å². The molecule has 1 aliphatic rings. The second kappa shape index (κ2) is 6.47. The first-order valence-corrected chi connectivity index (χ1v) is 9.15. The Bertz CT molecular complexity index is 436. The van der Waals surface area contributed by atoms with Gasteiger partial charge in [0, 0.05) is 41.1 Å². The van der Waals surface area contributed by atoms with Gasteiger partial charge in [-0.2, -0.15) is 0 Å². The Labute approximate surface area is 136 Å². The van der Waals surface area contributed by atoms with Gasteiger partial charge >= 0.3 is 0 Å². The van der Waals surface area contributed by atoms with Crippen LogP contribution in [0, 0.1) is 11.3 Å². The standard InChI is InChI=1S/C16H27BrN2S/c1-11(2)13-8-18-15(16(3,4)5)10-19(13)9-14-12(17)6-7-20-14/h6-7,11,13,15,18H,8-10H2,1-5H3. The number of hydrogen-bond donors (Lipinski definition) is 1. The van der Waals surface area contributed by atoms with Crippen molar-refractivity contribution in [3.63, 3.8) is 0 Å². The minimum atomic E-state index is 0.312. The Morgan fingerprint density at radius 3 is 2.65 bits per heavy atom. The van der Waals surface area contributed by atoms with Crippen LogP contribution in [0.25, 0.3) is 0 Å². The summed E-state index contributed by atoms with van der Waals surface area (Å²) >= 11 is 5.53. The lowest BCUT2D eigenvalue weighted by Gasteiger charge is -2.46. The maximum absolute atomic E-state index is 3.76. The third-order valence-electron chi connectivity index (χ3n) is 4.31. The summed E-state index contributed by atoms with van der Waals surface area (Å²) in [6.45, 7) is 15.0. The summed E-state index contributed by atoms with van der Waals surface area (Å²) in [5.74, 6) is 0.683. The van der Waals surface area contributed by atoms with Gasteiger partial charge in [0.1, 0.15) is 0 Å². The SMILES string of the molecule is CC(C)C1CNC(C(C)(C)C)CN1Cc1sccc1Br. The second-order valence-electron chi connectivity index (χ2n) is 7.26. The van der Waals surface area contributed by atoms with Gasteiger partial charge in [-0.1, -0.05) is 34.6 Å². The van der Waals surface area contributed by atoms with E-state index in [1.165, 1.54) is 9.35 Å². The summed E-state index contributed by atoms with van der Waals surface area (Å²) in [7, 11) is 0. The summed E-state index contributed by atoms with van der Waals surface area (Å²) < 4.78 is 1.26. The highest BCUT2D eigenvalue weighted by Gasteiger charge is 2.35. The van der Waals surface area contributed by atoms with Crippen molar-refractivity contribution in [1.29, 1.82) is 0 Å². The van der Waals surface area contributed by atoms with Crippen molar-refractivity contribution in [2.24, 2.45) is 11.3 Å². The maximum Gasteiger partial charge on any atom is 0.0343 e. The first-order valence-electron chi connectivity index (χ1n) is 7.48. The molecule has 2 nitrogen and oxygen atoms in total. The van der Waals surface area contributed by atoms with Gasteiger partial charge in [0.25, 0.3) is 0 Å². The van der Waals surface area contributed by atoms with Crippen molar-refractivity contribution in [3.05, 3.63) is 20.8 Å². The second-order valence-corrected chi connectivity index (χ2v) is 9.11. The molecular weight excluding hydrogens is 332 g/mol. The summed E-state index contributed by atoms with van der Waals surface area (Å²) in [4.78, 5) is 4.12. The minimum absolute atomic E-state index is 0.312. The molecule has 0 bridgehead atoms. The quantitative estimate of drug-likeness (QED) is 0.863. The molecule has 2 unspecified atom stereocenters. The lowest BCUT2D eigenvalue weighted by atomic mass is 9.83. The predicted octanol–water partition coefficient (Wildman–Crippen LogP) is 4.36. The summed E-state index contributed by atoms with van der Waals surface area (Å²) in [5.41, 5.74) is 0.312. The van der Waals surface area contributed by atoms with Gasteiger partial charge in [0.2, 0.25) is 0 Å². The number of piperazine rings is 1. The minimum Gasteiger partial charge on any atom is -0.311 e. The van der Waals surface area contributed by atoms with Crippen molar-refractivity contribution >= 4 is 27.3 Å². The molecule has 1 aromatic heterocycles. The molecule has 0 amide bonds. The molecular formula is C16H27BrN2S. The number of nitrogens with zero attached hydrogens (tertiary/aromatic N) is 1. The smallest absolute Gasteiger partial charge is 0.0343 e. The third kappa shape index (κ3) is 3.85. The molecule has 1 saturated heterocycles. The lowest BCUT2D eigenvalue weighted by Crippen LogP contribution is -2.61. The first-order chi connectivity index (χ1) is 9.29. The van der Waals surface area contributed by atoms with E-state index in [1.807, 2.05) is 11.3 Å². The lowest BCUT2D eigenvalue weighted by molar-refractivity contribution is 0.0578. The van der Waals surface area contributed by atoms with Crippen molar-refractivity contribution in [1.82, 2.24) is 10.2 Å². The van der Waals surface area contributed by atoms with Crippen LogP contribution in [0.4, 0.5) is 0 Å². The van der Waals surface area contributed by atoms with Crippen LogP contribution in [0.3, 0.4) is 0 Å². The van der Waals surface area contributed by atoms with Gasteiger partial charge in [-0.3, -0.25) is 4.90 Å². The monoisotopic (exact) mass is 358 g/mol. The van der Waals surface area contributed by atoms with E-state index >= 15 is 0 Å². The van der Waals surface area contributed by atoms with E-state index in [0.717, 1.165) is 19.6 Å². The van der Waals surface area contributed by atoms with Crippen LogP contribution in [0.15, 0.2) is 15.9 Å². The van der Waals surface area contributed by atoms with Crippen molar-refractivity contribution in [2.75, 3.05) is 13.1 Å². The van der Waals surface area contributed by atoms with Gasteiger partial charge in [-0.25, -0.2) is 0 Å². The molecule has 20 heavy (non-hydrogen) atoms. The van der Waals surface area contributed by atoms with Crippen LogP contribution in [0.2, 0.25) is 0 Å². The molecule has 114 valence electrons. The Balaban J connectivity index is 2.13. The van der Waals surface area contributed by atoms with Crippen molar-refractivity contribution in [2.45, 2.75) is 53.2 Å². The Hall–Kier alpha value is 0.100. The molecule has 1 N–H and O–H groups in total. The largest absolute Gasteiger partial charge is 0.311 e. The van der Waals surface area contributed by atoms with E-state index in [-0.39, 0.29) is 0 Å². The number of halogens is 1. The van der Waals surface area contributed by atoms with Gasteiger partial charge in [0.05, 0.1) is 0 Å². The van der Waals surface area contributed by atoms with Gasteiger partial charge < -0.3 is 5.32 Å². The average molecular weight is 359 g/mol. The summed E-state index contributed by atoms with van der Waals surface area (Å²) in [5, 5.41) is 5.94. The number of nitrogens with one attached hydrogen (secondary N) is 1. The van der Waals surface area contributed by atoms with Crippen LogP contribution < -0.4 is 5.32 Å². The average Bonchev–Trinajstić information content (AvgIpc) is 2.73. The fraction of sp³-hybridized carbons (Fsp3) is 0.750. The summed E-state index contributed by atoms with van der Waals surface area (Å²) in [6.07, 6.45) is 0. The highest BCUT2D eigenvalue weighted by atomic mass is 79.9. The molecule has 0 spiro atoms. The maximum atomic E-state index is 3.76. The third-order valence-corrected chi connectivity index (χ3v) is 6.22. The van der Waals surface area contributed by atoms with E-state index in [0.29, 0.717) is 23.4 Å². The van der Waals surface area contributed by atoms with E-state index in [2.05, 4.69) is 72.2 Å². The van der Waals surface area contributed by atoms with Gasteiger partial charge in [-0.15, -0.1) is 11.3 Å². The number of thiophene rings is 1. The number of rotatable bonds is 3. The fourth-order valence-electron chi connectivity index (χ4n) is 2.87. The zero-order valence-electron chi connectivity index (χ0n) is 13.2. The molecule has 2 rings (SSSR count). The molecule has 0 saturated carbocycles. The van der Waals surface area contributed by atoms with Crippen LogP contribution in [0.1, 0.15) is 39.5 Å². The zero-order valence-corrected chi connectivity index (χ0v) is 15.6. The molecule has 1 aliphatic heterocycles. The molecule has 2 heterocycles. The van der Waals surface area contributed by atoms with E-state index in [1.54, 1.807) is 0 Å². The molecule has 4 heteroatoms. The van der Waals surface area contributed by atoms with Crippen LogP contribution in [-0.2, 0) is 6.54 Å². The molecule has 0 radical (unpaired) electrons. The van der Waals surface area contributed by atoms with Crippen LogP contribution in [0.5, 0.6) is 0 Å². The van der Waals surface area contributed by atoms with Crippen molar-refractivity contribution in [3.8, 4) is 0 Å². The van der Waals surface area contributed by atoms with Gasteiger partial charge in [-0.05, 0) is 38.7 Å². The van der Waals surface area contributed by atoms with Crippen LogP contribution >= 0.6 is 27.3 Å². The summed E-state index contributed by atoms with van der Waals surface area (Å²) in [6, 6.07) is 3.35. The Kier molecular flexibility index (Phi) is 5.33. The van der Waals surface area contributed by atoms with E-state index in [4.69, 9.17) is 0 Å². The molecule has 1 aromatic rings. The zero-order chi connectivity index (χ0) is 14.9. The first kappa shape index (κ1) is 16.5. The normalized spacial score (nSPS) is 25.4. The number of hydrogen-bond acceptors (Lipinski definition) is 3. The molecule has 2 atom stereocenters. The predicted molar refractivity (Wildman–Crippen MR) is 92.3 cm³/mol. The van der Waals surface area contributed by atoms with Crippen molar-refractivity contribution < 1.29 is 0 Å². The molecule has 1 fully saturated rings. The molecule has 0 aliphatic carbocycles. The Morgan fingerprint density at radius 2 is 2.15 bits per heavy atom. The highest BCUT2D eigenvalue weighted by Crippen LogP contribution is 2.30. The Morgan fingerprint density at radius 1 is 1.45 bits per heavy atom. The fourth-order valence-corrected chi connectivity index (χ4v) is 4.37. The highest BCUT2D eigenvalue weighted by molar-refractivity contribution is 9.10. The van der Waals surface area contributed by atoms with E-state index < -0.39 is 0 Å².